The Hall–Kier alpha value is -6.72. The Morgan fingerprint density at radius 2 is 0.688 bits per heavy atom. The molecule has 0 aromatic rings. The molecule has 15 rings (SSSR count). The van der Waals surface area contributed by atoms with E-state index >= 15 is 0 Å². The fraction of sp³-hybridized carbons (Fsp3) is 0.863. The first kappa shape index (κ1) is 111. The number of hydrogen-bond donors (Lipinski definition) is 6. The Kier molecular flexibility index (Phi) is 38.3. The van der Waals surface area contributed by atoms with Crippen molar-refractivity contribution in [2.75, 3.05) is 66.0 Å². The van der Waals surface area contributed by atoms with E-state index in [0.29, 0.717) is 60.7 Å². The predicted octanol–water partition coefficient (Wildman–Crippen LogP) is 22.5. The molecule has 30 atom stereocenters. The number of amides is 7. The van der Waals surface area contributed by atoms with Gasteiger partial charge in [0.15, 0.2) is 0 Å². The SMILES string of the molecule is CCC1CN(C(=O)CNC(=O)O[C@H]2CC[C@@]3(C)C(=CCC4C3CC[C@@]3(C)C4CC[C@@H]3[C@H](C)CCCC(C)C)C2)CC1O.CCC1CN(C(=O)CNC(=O)O[C@H]2CC[C@@]3(C)C(=CCC4C3CC[C@@]3(C)C4CC[C@@H]3[C@H](C)CCCC(C)C)C2)CC1OC(=O)CCC(=O)NC.CCC1CN(C(=O)CNC(=O)O[C@H]2CC[C@@]3(C)C(=CCC4C3CC[C@@]3(C)C4CC[C@@H]3[C@H](C)CCCC(C)C)C2)CC1OC(=O)CCC(=O)O. The van der Waals surface area contributed by atoms with Gasteiger partial charge in [-0.2, -0.15) is 0 Å². The zero-order chi connectivity index (χ0) is 102. The molecule has 9 saturated carbocycles. The Labute approximate surface area is 848 Å². The lowest BCUT2D eigenvalue weighted by Gasteiger charge is -2.58. The van der Waals surface area contributed by atoms with Gasteiger partial charge in [0.05, 0.1) is 38.5 Å². The molecule has 0 aromatic carbocycles. The van der Waals surface area contributed by atoms with Gasteiger partial charge in [0, 0.05) is 76.7 Å². The summed E-state index contributed by atoms with van der Waals surface area (Å²) in [7, 11) is 1.53. The maximum atomic E-state index is 13.0. The molecule has 0 radical (unpaired) electrons. The van der Waals surface area contributed by atoms with Crippen molar-refractivity contribution in [1.82, 2.24) is 36.0 Å². The van der Waals surface area contributed by atoms with Crippen molar-refractivity contribution in [2.45, 2.75) is 418 Å². The van der Waals surface area contributed by atoms with Gasteiger partial charge in [0.25, 0.3) is 0 Å². The molecule has 3 aliphatic heterocycles. The number of fused-ring (bicyclic) bond motifs is 15. The lowest BCUT2D eigenvalue weighted by Crippen LogP contribution is -2.51. The van der Waals surface area contributed by atoms with Gasteiger partial charge in [-0.1, -0.05) is 217 Å². The second-order valence-corrected chi connectivity index (χ2v) is 50.8. The van der Waals surface area contributed by atoms with Crippen molar-refractivity contribution < 1.29 is 81.8 Å². The summed E-state index contributed by atoms with van der Waals surface area (Å²) in [5.74, 6) is 11.7. The highest BCUT2D eigenvalue weighted by atomic mass is 16.6. The summed E-state index contributed by atoms with van der Waals surface area (Å²) in [6.45, 7) is 45.1. The lowest BCUT2D eigenvalue weighted by atomic mass is 9.47. The van der Waals surface area contributed by atoms with Gasteiger partial charge in [-0.15, -0.1) is 0 Å². The molecule has 141 heavy (non-hydrogen) atoms. The second-order valence-electron chi connectivity index (χ2n) is 50.8. The molecule has 7 amide bonds. The van der Waals surface area contributed by atoms with Gasteiger partial charge in [-0.25, -0.2) is 14.4 Å². The van der Waals surface area contributed by atoms with Crippen LogP contribution in [0.4, 0.5) is 14.4 Å². The van der Waals surface area contributed by atoms with E-state index in [9.17, 15) is 53.1 Å². The Morgan fingerprint density at radius 3 is 0.986 bits per heavy atom. The van der Waals surface area contributed by atoms with Crippen molar-refractivity contribution in [2.24, 2.45) is 157 Å². The van der Waals surface area contributed by atoms with E-state index in [1.54, 1.807) is 14.7 Å². The van der Waals surface area contributed by atoms with Crippen LogP contribution in [0.2, 0.25) is 0 Å². The Bertz CT molecular complexity index is 4370. The van der Waals surface area contributed by atoms with E-state index in [1.165, 1.54) is 165 Å². The molecular formula is C117H191N7O17. The molecule has 15 aliphatic rings. The van der Waals surface area contributed by atoms with E-state index in [0.717, 1.165) is 178 Å². The van der Waals surface area contributed by atoms with Gasteiger partial charge in [0.1, 0.15) is 50.2 Å². The number of β-amino-alcohol motifs (C(OH)–C–C–N with tert-alkyl or cyclic N) is 1. The largest absolute Gasteiger partial charge is 0.481 e. The van der Waals surface area contributed by atoms with Crippen LogP contribution in [0, 0.1) is 157 Å². The van der Waals surface area contributed by atoms with Crippen LogP contribution in [0.3, 0.4) is 0 Å². The minimum Gasteiger partial charge on any atom is -0.481 e. The number of carboxylic acid groups (broad SMARTS) is 1. The standard InChI is InChI=1S/C41H67N3O6.C40H64N2O7.C36H60N2O4/c1-8-28-24-44(25-35(28)50-38(47)17-16-36(45)42-7)37(46)23-43-39(48)49-30-18-20-40(5)29(22-30)12-13-31-33-15-14-32(27(4)11-9-10-26(2)3)41(33,6)21-19-34(31)40;1-7-27-23-42(24-34(27)49-37(46)16-15-36(44)45)35(43)22-41-38(47)48-29-17-19-39(5)28(21-29)11-12-30-32-14-13-31(26(4)10-8-9-25(2)3)40(32,6)20-18-33(30)39;1-7-25-21-38(22-32(25)39)33(40)20-37-34(41)42-27-15-17-35(5)26(19-27)11-12-28-30-14-13-29(24(4)10-8-9-23(2)3)36(30,6)18-16-31(28)35/h12,26-28,30-35H,8-11,13-25H2,1-7H3,(H,42,45)(H,43,48);11,25-27,29-34H,7-10,12-24H2,1-6H3,(H,41,47)(H,44,45);11,23-25,27-32,39H,7-10,12-22H2,1-6H3,(H,37,41)/t27-,28?,30+,31?,32-,33?,34?,35?,40+,41-;26-,27?,29+,30?,31-,32?,33?,34?,39+,40-;24-,25?,27+,28?,29-,30?,31?,32?,35+,36-/m111/s1. The normalized spacial score (nSPS) is 36.9. The zero-order valence-corrected chi connectivity index (χ0v) is 90.8. The van der Waals surface area contributed by atoms with Crippen molar-refractivity contribution >= 4 is 59.8 Å². The van der Waals surface area contributed by atoms with Crippen molar-refractivity contribution in [3.63, 3.8) is 0 Å². The minimum atomic E-state index is -1.05. The van der Waals surface area contributed by atoms with E-state index in [-0.39, 0.29) is 134 Å². The second kappa shape index (κ2) is 48.5. The third-order valence-corrected chi connectivity index (χ3v) is 41.5. The monoisotopic (exact) mass is 1970 g/mol. The van der Waals surface area contributed by atoms with Gasteiger partial charge < -0.3 is 69.9 Å². The fourth-order valence-corrected chi connectivity index (χ4v) is 33.2. The molecule has 0 spiro atoms. The smallest absolute Gasteiger partial charge is 0.407 e. The first-order valence-corrected chi connectivity index (χ1v) is 57.2. The van der Waals surface area contributed by atoms with E-state index in [4.69, 9.17) is 28.8 Å². The quantitative estimate of drug-likeness (QED) is 0.0195. The highest BCUT2D eigenvalue weighted by molar-refractivity contribution is 5.85. The number of hydrogen-bond acceptors (Lipinski definition) is 16. The summed E-state index contributed by atoms with van der Waals surface area (Å²) >= 11 is 0. The van der Waals surface area contributed by atoms with Crippen molar-refractivity contribution in [3.8, 4) is 0 Å². The number of likely N-dealkylation sites (tertiary alicyclic amines) is 3. The van der Waals surface area contributed by atoms with Gasteiger partial charge in [-0.3, -0.25) is 33.6 Å². The summed E-state index contributed by atoms with van der Waals surface area (Å²) in [5.41, 5.74) is 6.50. The number of esters is 2. The van der Waals surface area contributed by atoms with E-state index < -0.39 is 54.5 Å². The third kappa shape index (κ3) is 25.8. The molecule has 0 aromatic heterocycles. The van der Waals surface area contributed by atoms with Gasteiger partial charge in [0.2, 0.25) is 23.6 Å². The molecule has 24 heteroatoms. The lowest BCUT2D eigenvalue weighted by molar-refractivity contribution is -0.153. The number of nitrogens with one attached hydrogen (secondary N) is 4. The molecule has 3 saturated heterocycles. The van der Waals surface area contributed by atoms with Crippen LogP contribution in [-0.4, -0.2) is 187 Å². The first-order chi connectivity index (χ1) is 67.0. The topological polar surface area (TPSA) is 315 Å². The summed E-state index contributed by atoms with van der Waals surface area (Å²) in [4.78, 5) is 129. The maximum absolute atomic E-state index is 13.0. The number of aliphatic hydroxyl groups is 1. The number of carbonyl (C=O) groups is 10. The summed E-state index contributed by atoms with van der Waals surface area (Å²) in [5, 5.41) is 29.5. The number of alkyl carbamates (subject to hydrolysis) is 3. The van der Waals surface area contributed by atoms with Crippen LogP contribution in [0.1, 0.15) is 381 Å². The number of carbonyl (C=O) groups excluding carboxylic acids is 9. The van der Waals surface area contributed by atoms with Crippen LogP contribution in [0.5, 0.6) is 0 Å². The number of aliphatic hydroxyl groups excluding tert-OH is 1. The Balaban J connectivity index is 0.000000179. The highest BCUT2D eigenvalue weighted by Gasteiger charge is 2.64. The third-order valence-electron chi connectivity index (χ3n) is 41.5. The summed E-state index contributed by atoms with van der Waals surface area (Å²) < 4.78 is 28.8. The number of carboxylic acids is 1. The number of nitrogens with zero attached hydrogens (tertiary/aromatic N) is 3. The molecular weight excluding hydrogens is 1780 g/mol. The van der Waals surface area contributed by atoms with Crippen LogP contribution in [0.15, 0.2) is 34.9 Å². The molecule has 24 nitrogen and oxygen atoms in total. The number of aliphatic carboxylic acids is 1. The number of rotatable bonds is 35. The average Bonchev–Trinajstić information content (AvgIpc) is 1.70. The highest BCUT2D eigenvalue weighted by Crippen LogP contribution is 2.72. The van der Waals surface area contributed by atoms with Crippen LogP contribution in [-0.2, 0) is 57.2 Å². The molecule has 15 unspecified atom stereocenters. The summed E-state index contributed by atoms with van der Waals surface area (Å²) in [6.07, 6.45) is 46.5. The molecule has 3 heterocycles. The molecule has 12 aliphatic carbocycles. The number of allylic oxidation sites excluding steroid dienone is 3. The number of ether oxygens (including phenoxy) is 5. The fourth-order valence-electron chi connectivity index (χ4n) is 33.2. The minimum absolute atomic E-state index is 0.00486. The molecule has 6 N–H and O–H groups in total. The van der Waals surface area contributed by atoms with Crippen molar-refractivity contribution in [1.29, 1.82) is 0 Å². The predicted molar refractivity (Wildman–Crippen MR) is 551 cm³/mol. The van der Waals surface area contributed by atoms with Crippen molar-refractivity contribution in [3.05, 3.63) is 34.9 Å². The Morgan fingerprint density at radius 1 is 0.376 bits per heavy atom. The first-order valence-electron chi connectivity index (χ1n) is 57.2. The summed E-state index contributed by atoms with van der Waals surface area (Å²) in [6, 6.07) is 0. The van der Waals surface area contributed by atoms with E-state index in [2.05, 4.69) is 143 Å². The molecule has 12 fully saturated rings. The zero-order valence-electron chi connectivity index (χ0n) is 90.8. The van der Waals surface area contributed by atoms with Crippen LogP contribution in [0.25, 0.3) is 0 Å². The van der Waals surface area contributed by atoms with E-state index in [1.807, 2.05) is 20.8 Å². The van der Waals surface area contributed by atoms with Gasteiger partial charge >= 0.3 is 36.2 Å². The molecule has 796 valence electrons. The van der Waals surface area contributed by atoms with Crippen LogP contribution >= 0.6 is 0 Å². The van der Waals surface area contributed by atoms with Gasteiger partial charge in [-0.05, 0) is 293 Å². The maximum Gasteiger partial charge on any atom is 0.407 e. The van der Waals surface area contributed by atoms with Crippen LogP contribution < -0.4 is 21.3 Å². The molecule has 0 bridgehead atoms. The average molecular weight is 1970 g/mol.